The highest BCUT2D eigenvalue weighted by Gasteiger charge is 2.22. The zero-order chi connectivity index (χ0) is 14.2. The molecule has 1 aliphatic rings. The summed E-state index contributed by atoms with van der Waals surface area (Å²) in [5.41, 5.74) is 1.01. The molecule has 2 rings (SSSR count). The van der Waals surface area contributed by atoms with E-state index in [1.54, 1.807) is 0 Å². The largest absolute Gasteiger partial charge is 0.445 e. The molecule has 1 fully saturated rings. The van der Waals surface area contributed by atoms with Crippen LogP contribution < -0.4 is 10.6 Å². The third-order valence-corrected chi connectivity index (χ3v) is 3.75. The standard InChI is InChI=1S/C16H24N2O2/c1-2-17-14-8-10-15(11-9-14)18-16(19)20-12-13-6-4-3-5-7-13/h3-7,14-15,17H,2,8-12H2,1H3,(H,18,19). The molecule has 1 aromatic carbocycles. The van der Waals surface area contributed by atoms with Crippen LogP contribution in [0.4, 0.5) is 4.79 Å². The van der Waals surface area contributed by atoms with Crippen molar-refractivity contribution in [3.05, 3.63) is 35.9 Å². The fourth-order valence-corrected chi connectivity index (χ4v) is 2.66. The smallest absolute Gasteiger partial charge is 0.407 e. The Balaban J connectivity index is 1.65. The van der Waals surface area contributed by atoms with Crippen LogP contribution in [0.5, 0.6) is 0 Å². The highest BCUT2D eigenvalue weighted by atomic mass is 16.5. The Morgan fingerprint density at radius 2 is 1.80 bits per heavy atom. The number of hydrogen-bond acceptors (Lipinski definition) is 3. The molecular weight excluding hydrogens is 252 g/mol. The maximum absolute atomic E-state index is 11.7. The number of benzene rings is 1. The summed E-state index contributed by atoms with van der Waals surface area (Å²) in [6.07, 6.45) is 3.99. The zero-order valence-electron chi connectivity index (χ0n) is 12.1. The van der Waals surface area contributed by atoms with Crippen LogP contribution in [0.1, 0.15) is 38.2 Å². The van der Waals surface area contributed by atoms with Gasteiger partial charge in [0.25, 0.3) is 0 Å². The van der Waals surface area contributed by atoms with Gasteiger partial charge in [0.1, 0.15) is 6.61 Å². The van der Waals surface area contributed by atoms with E-state index in [2.05, 4.69) is 17.6 Å². The maximum Gasteiger partial charge on any atom is 0.407 e. The van der Waals surface area contributed by atoms with E-state index in [9.17, 15) is 4.79 Å². The van der Waals surface area contributed by atoms with Gasteiger partial charge in [-0.3, -0.25) is 0 Å². The summed E-state index contributed by atoms with van der Waals surface area (Å²) in [5, 5.41) is 6.42. The molecule has 4 heteroatoms. The van der Waals surface area contributed by atoms with Crippen LogP contribution in [-0.2, 0) is 11.3 Å². The summed E-state index contributed by atoms with van der Waals surface area (Å²) in [7, 11) is 0. The average Bonchev–Trinajstić information content (AvgIpc) is 2.49. The minimum absolute atomic E-state index is 0.258. The Kier molecular flexibility index (Phi) is 5.87. The summed E-state index contributed by atoms with van der Waals surface area (Å²) in [4.78, 5) is 11.7. The lowest BCUT2D eigenvalue weighted by atomic mass is 9.91. The van der Waals surface area contributed by atoms with Crippen LogP contribution >= 0.6 is 0 Å². The van der Waals surface area contributed by atoms with E-state index in [0.29, 0.717) is 12.6 Å². The van der Waals surface area contributed by atoms with Crippen LogP contribution in [-0.4, -0.2) is 24.7 Å². The Bertz CT molecular complexity index is 400. The molecule has 2 N–H and O–H groups in total. The molecule has 1 saturated carbocycles. The lowest BCUT2D eigenvalue weighted by Crippen LogP contribution is -2.42. The summed E-state index contributed by atoms with van der Waals surface area (Å²) in [6.45, 7) is 3.48. The van der Waals surface area contributed by atoms with Gasteiger partial charge in [0, 0.05) is 12.1 Å². The molecule has 0 atom stereocenters. The van der Waals surface area contributed by atoms with Crippen LogP contribution in [0.25, 0.3) is 0 Å². The fraction of sp³-hybridized carbons (Fsp3) is 0.562. The minimum Gasteiger partial charge on any atom is -0.445 e. The SMILES string of the molecule is CCNC1CCC(NC(=O)OCc2ccccc2)CC1. The molecule has 1 aliphatic carbocycles. The Morgan fingerprint density at radius 3 is 2.45 bits per heavy atom. The van der Waals surface area contributed by atoms with Gasteiger partial charge in [0.05, 0.1) is 0 Å². The van der Waals surface area contributed by atoms with Crippen molar-refractivity contribution in [2.75, 3.05) is 6.54 Å². The molecular formula is C16H24N2O2. The molecule has 0 unspecified atom stereocenters. The molecule has 0 heterocycles. The summed E-state index contributed by atoms with van der Waals surface area (Å²) in [5.74, 6) is 0. The lowest BCUT2D eigenvalue weighted by Gasteiger charge is -2.29. The summed E-state index contributed by atoms with van der Waals surface area (Å²) < 4.78 is 5.24. The summed E-state index contributed by atoms with van der Waals surface area (Å²) in [6, 6.07) is 10.6. The molecule has 1 amide bonds. The van der Waals surface area contributed by atoms with Crippen molar-refractivity contribution in [3.8, 4) is 0 Å². The predicted molar refractivity (Wildman–Crippen MR) is 79.5 cm³/mol. The summed E-state index contributed by atoms with van der Waals surface area (Å²) >= 11 is 0. The van der Waals surface area contributed by atoms with Crippen molar-refractivity contribution in [3.63, 3.8) is 0 Å². The van der Waals surface area contributed by atoms with E-state index in [4.69, 9.17) is 4.74 Å². The molecule has 0 aliphatic heterocycles. The number of nitrogens with one attached hydrogen (secondary N) is 2. The van der Waals surface area contributed by atoms with Gasteiger partial charge < -0.3 is 15.4 Å². The zero-order valence-corrected chi connectivity index (χ0v) is 12.1. The highest BCUT2D eigenvalue weighted by Crippen LogP contribution is 2.18. The van der Waals surface area contributed by atoms with Crippen LogP contribution in [0.15, 0.2) is 30.3 Å². The first-order valence-electron chi connectivity index (χ1n) is 7.48. The molecule has 0 bridgehead atoms. The number of alkyl carbamates (subject to hydrolysis) is 1. The molecule has 0 radical (unpaired) electrons. The number of ether oxygens (including phenoxy) is 1. The number of rotatable bonds is 5. The van der Waals surface area contributed by atoms with Crippen molar-refractivity contribution in [2.24, 2.45) is 0 Å². The number of amides is 1. The molecule has 0 aromatic heterocycles. The van der Waals surface area contributed by atoms with E-state index < -0.39 is 0 Å². The lowest BCUT2D eigenvalue weighted by molar-refractivity contribution is 0.132. The van der Waals surface area contributed by atoms with Crippen LogP contribution in [0, 0.1) is 0 Å². The van der Waals surface area contributed by atoms with Gasteiger partial charge in [-0.1, -0.05) is 37.3 Å². The molecule has 110 valence electrons. The van der Waals surface area contributed by atoms with Gasteiger partial charge in [-0.2, -0.15) is 0 Å². The monoisotopic (exact) mass is 276 g/mol. The molecule has 4 nitrogen and oxygen atoms in total. The van der Waals surface area contributed by atoms with Gasteiger partial charge in [-0.05, 0) is 37.8 Å². The topological polar surface area (TPSA) is 50.4 Å². The van der Waals surface area contributed by atoms with Crippen LogP contribution in [0.2, 0.25) is 0 Å². The van der Waals surface area contributed by atoms with E-state index in [0.717, 1.165) is 37.8 Å². The third kappa shape index (κ3) is 4.85. The molecule has 0 spiro atoms. The van der Waals surface area contributed by atoms with Gasteiger partial charge in [-0.25, -0.2) is 4.79 Å². The van der Waals surface area contributed by atoms with Crippen LogP contribution in [0.3, 0.4) is 0 Å². The van der Waals surface area contributed by atoms with Gasteiger partial charge in [-0.15, -0.1) is 0 Å². The highest BCUT2D eigenvalue weighted by molar-refractivity contribution is 5.67. The normalized spacial score (nSPS) is 22.2. The van der Waals surface area contributed by atoms with Crippen molar-refractivity contribution in [1.82, 2.24) is 10.6 Å². The third-order valence-electron chi connectivity index (χ3n) is 3.75. The first kappa shape index (κ1) is 14.9. The second kappa shape index (κ2) is 7.90. The maximum atomic E-state index is 11.7. The average molecular weight is 276 g/mol. The molecule has 20 heavy (non-hydrogen) atoms. The molecule has 1 aromatic rings. The molecule has 0 saturated heterocycles. The predicted octanol–water partition coefficient (Wildman–Crippen LogP) is 2.83. The van der Waals surface area contributed by atoms with Crippen molar-refractivity contribution < 1.29 is 9.53 Å². The second-order valence-electron chi connectivity index (χ2n) is 5.31. The van der Waals surface area contributed by atoms with Crippen molar-refractivity contribution in [1.29, 1.82) is 0 Å². The van der Waals surface area contributed by atoms with E-state index in [1.807, 2.05) is 30.3 Å². The Morgan fingerprint density at radius 1 is 1.15 bits per heavy atom. The minimum atomic E-state index is -0.305. The van der Waals surface area contributed by atoms with E-state index in [-0.39, 0.29) is 12.1 Å². The van der Waals surface area contributed by atoms with Gasteiger partial charge in [0.2, 0.25) is 0 Å². The number of carbonyl (C=O) groups excluding carboxylic acids is 1. The second-order valence-corrected chi connectivity index (χ2v) is 5.31. The fourth-order valence-electron chi connectivity index (χ4n) is 2.66. The first-order chi connectivity index (χ1) is 9.78. The van der Waals surface area contributed by atoms with Gasteiger partial charge >= 0.3 is 6.09 Å². The first-order valence-corrected chi connectivity index (χ1v) is 7.48. The quantitative estimate of drug-likeness (QED) is 0.869. The number of hydrogen-bond donors (Lipinski definition) is 2. The van der Waals surface area contributed by atoms with Crippen molar-refractivity contribution in [2.45, 2.75) is 51.3 Å². The van der Waals surface area contributed by atoms with E-state index >= 15 is 0 Å². The Hall–Kier alpha value is -1.55. The van der Waals surface area contributed by atoms with E-state index in [1.165, 1.54) is 0 Å². The van der Waals surface area contributed by atoms with Crippen molar-refractivity contribution >= 4 is 6.09 Å². The number of carbonyl (C=O) groups is 1. The Labute approximate surface area is 120 Å². The van der Waals surface area contributed by atoms with Gasteiger partial charge in [0.15, 0.2) is 0 Å².